The second kappa shape index (κ2) is 9.35. The van der Waals surface area contributed by atoms with Gasteiger partial charge in [-0.1, -0.05) is 36.0 Å². The Hall–Kier alpha value is -3.17. The van der Waals surface area contributed by atoms with Crippen molar-refractivity contribution < 1.29 is 14.7 Å². The fourth-order valence-electron chi connectivity index (χ4n) is 2.81. The monoisotopic (exact) mass is 412 g/mol. The highest BCUT2D eigenvalue weighted by atomic mass is 32.2. The standard InChI is InChI=1S/C20H20N4O4S/c21-18(27)13-6-1-3-8-15(13)22-17(26)12-29-20-23-16-9-4-2-7-14(16)19(28)24(20)10-5-11-25/h1-4,6-9,25H,5,10-12H2,(H2,21,27)(H,22,26). The molecule has 0 spiro atoms. The molecule has 0 radical (unpaired) electrons. The van der Waals surface area contributed by atoms with Crippen molar-refractivity contribution in [2.24, 2.45) is 5.73 Å². The van der Waals surface area contributed by atoms with Gasteiger partial charge in [0, 0.05) is 13.2 Å². The third-order valence-corrected chi connectivity index (χ3v) is 5.14. The predicted octanol–water partition coefficient (Wildman–Crippen LogP) is 1.61. The van der Waals surface area contributed by atoms with E-state index >= 15 is 0 Å². The van der Waals surface area contributed by atoms with Gasteiger partial charge in [-0.05, 0) is 30.7 Å². The summed E-state index contributed by atoms with van der Waals surface area (Å²) in [5.41, 5.74) is 6.20. The number of aromatic nitrogens is 2. The molecule has 3 rings (SSSR count). The van der Waals surface area contributed by atoms with Gasteiger partial charge in [0.05, 0.1) is 27.9 Å². The third-order valence-electron chi connectivity index (χ3n) is 4.17. The number of benzene rings is 2. The number of carbonyl (C=O) groups excluding carboxylic acids is 2. The van der Waals surface area contributed by atoms with Crippen LogP contribution in [0.4, 0.5) is 5.69 Å². The molecule has 0 aliphatic rings. The number of aliphatic hydroxyl groups is 1. The lowest BCUT2D eigenvalue weighted by molar-refractivity contribution is -0.113. The molecular weight excluding hydrogens is 392 g/mol. The van der Waals surface area contributed by atoms with E-state index in [4.69, 9.17) is 10.8 Å². The topological polar surface area (TPSA) is 127 Å². The van der Waals surface area contributed by atoms with Gasteiger partial charge in [-0.2, -0.15) is 0 Å². The van der Waals surface area contributed by atoms with E-state index < -0.39 is 5.91 Å². The fourth-order valence-corrected chi connectivity index (χ4v) is 3.63. The number of hydrogen-bond donors (Lipinski definition) is 3. The molecule has 9 heteroatoms. The number of aliphatic hydroxyl groups excluding tert-OH is 1. The molecule has 29 heavy (non-hydrogen) atoms. The van der Waals surface area contributed by atoms with E-state index in [1.54, 1.807) is 42.5 Å². The largest absolute Gasteiger partial charge is 0.396 e. The maximum absolute atomic E-state index is 12.8. The van der Waals surface area contributed by atoms with Crippen molar-refractivity contribution in [3.8, 4) is 0 Å². The van der Waals surface area contributed by atoms with Crippen LogP contribution in [-0.4, -0.2) is 38.8 Å². The summed E-state index contributed by atoms with van der Waals surface area (Å²) in [6, 6.07) is 13.4. The molecule has 0 bridgehead atoms. The molecule has 0 fully saturated rings. The number of nitrogens with zero attached hydrogens (tertiary/aromatic N) is 2. The molecule has 150 valence electrons. The minimum Gasteiger partial charge on any atom is -0.396 e. The van der Waals surface area contributed by atoms with Gasteiger partial charge in [0.2, 0.25) is 5.91 Å². The number of anilines is 1. The number of primary amides is 1. The van der Waals surface area contributed by atoms with Crippen LogP contribution in [0, 0.1) is 0 Å². The molecule has 0 saturated carbocycles. The van der Waals surface area contributed by atoms with Gasteiger partial charge >= 0.3 is 0 Å². The Kier molecular flexibility index (Phi) is 6.63. The van der Waals surface area contributed by atoms with Crippen molar-refractivity contribution in [1.82, 2.24) is 9.55 Å². The molecule has 0 saturated heterocycles. The van der Waals surface area contributed by atoms with Crippen molar-refractivity contribution >= 4 is 40.2 Å². The van der Waals surface area contributed by atoms with Gasteiger partial charge in [-0.3, -0.25) is 19.0 Å². The summed E-state index contributed by atoms with van der Waals surface area (Å²) in [6.07, 6.45) is 0.395. The molecule has 1 aromatic heterocycles. The highest BCUT2D eigenvalue weighted by Crippen LogP contribution is 2.20. The van der Waals surface area contributed by atoms with Gasteiger partial charge in [0.1, 0.15) is 0 Å². The quantitative estimate of drug-likeness (QED) is 0.381. The van der Waals surface area contributed by atoms with E-state index in [-0.39, 0.29) is 29.4 Å². The Morgan fingerprint density at radius 2 is 1.86 bits per heavy atom. The lowest BCUT2D eigenvalue weighted by atomic mass is 10.1. The van der Waals surface area contributed by atoms with Gasteiger partial charge in [-0.15, -0.1) is 0 Å². The van der Waals surface area contributed by atoms with Crippen LogP contribution in [0.15, 0.2) is 58.5 Å². The van der Waals surface area contributed by atoms with Crippen LogP contribution in [0.3, 0.4) is 0 Å². The maximum atomic E-state index is 12.8. The summed E-state index contributed by atoms with van der Waals surface area (Å²) in [5.74, 6) is -1.01. The van der Waals surface area contributed by atoms with Gasteiger partial charge in [0.15, 0.2) is 5.16 Å². The zero-order chi connectivity index (χ0) is 20.8. The Balaban J connectivity index is 1.82. The Morgan fingerprint density at radius 1 is 1.14 bits per heavy atom. The molecule has 3 aromatic rings. The van der Waals surface area contributed by atoms with E-state index in [0.717, 1.165) is 11.8 Å². The predicted molar refractivity (Wildman–Crippen MR) is 112 cm³/mol. The maximum Gasteiger partial charge on any atom is 0.262 e. The van der Waals surface area contributed by atoms with E-state index in [0.29, 0.717) is 34.7 Å². The van der Waals surface area contributed by atoms with Crippen molar-refractivity contribution in [3.63, 3.8) is 0 Å². The first-order valence-electron chi connectivity index (χ1n) is 8.93. The summed E-state index contributed by atoms with van der Waals surface area (Å²) < 4.78 is 1.47. The first-order chi connectivity index (χ1) is 14.0. The first kappa shape index (κ1) is 20.6. The Bertz CT molecular complexity index is 1110. The van der Waals surface area contributed by atoms with Crippen LogP contribution in [-0.2, 0) is 11.3 Å². The summed E-state index contributed by atoms with van der Waals surface area (Å²) in [7, 11) is 0. The lowest BCUT2D eigenvalue weighted by Crippen LogP contribution is -2.25. The Labute approximate surface area is 170 Å². The number of amides is 2. The van der Waals surface area contributed by atoms with E-state index in [2.05, 4.69) is 10.3 Å². The number of nitrogens with one attached hydrogen (secondary N) is 1. The average Bonchev–Trinajstić information content (AvgIpc) is 2.72. The van der Waals surface area contributed by atoms with Gasteiger partial charge in [-0.25, -0.2) is 4.98 Å². The highest BCUT2D eigenvalue weighted by Gasteiger charge is 2.14. The van der Waals surface area contributed by atoms with Crippen molar-refractivity contribution in [2.45, 2.75) is 18.1 Å². The molecule has 8 nitrogen and oxygen atoms in total. The minimum absolute atomic E-state index is 0.0169. The van der Waals surface area contributed by atoms with Gasteiger partial charge in [0.25, 0.3) is 11.5 Å². The van der Waals surface area contributed by atoms with Gasteiger partial charge < -0.3 is 16.2 Å². The average molecular weight is 412 g/mol. The summed E-state index contributed by atoms with van der Waals surface area (Å²) >= 11 is 1.11. The number of carbonyl (C=O) groups is 2. The van der Waals surface area contributed by atoms with Crippen molar-refractivity contribution in [2.75, 3.05) is 17.7 Å². The highest BCUT2D eigenvalue weighted by molar-refractivity contribution is 7.99. The number of nitrogens with two attached hydrogens (primary N) is 1. The van der Waals surface area contributed by atoms with Crippen LogP contribution < -0.4 is 16.6 Å². The van der Waals surface area contributed by atoms with Crippen LogP contribution >= 0.6 is 11.8 Å². The van der Waals surface area contributed by atoms with Crippen molar-refractivity contribution in [1.29, 1.82) is 0 Å². The molecule has 0 unspecified atom stereocenters. The molecule has 4 N–H and O–H groups in total. The van der Waals surface area contributed by atoms with Crippen LogP contribution in [0.1, 0.15) is 16.8 Å². The normalized spacial score (nSPS) is 10.8. The molecule has 0 aliphatic heterocycles. The van der Waals surface area contributed by atoms with E-state index in [1.807, 2.05) is 0 Å². The lowest BCUT2D eigenvalue weighted by Gasteiger charge is -2.13. The SMILES string of the molecule is NC(=O)c1ccccc1NC(=O)CSc1nc2ccccc2c(=O)n1CCCO. The molecule has 0 aliphatic carbocycles. The number of hydrogen-bond acceptors (Lipinski definition) is 6. The Morgan fingerprint density at radius 3 is 2.62 bits per heavy atom. The van der Waals surface area contributed by atoms with E-state index in [1.165, 1.54) is 10.6 Å². The van der Waals surface area contributed by atoms with E-state index in [9.17, 15) is 14.4 Å². The third kappa shape index (κ3) is 4.82. The first-order valence-corrected chi connectivity index (χ1v) is 9.91. The number of rotatable bonds is 8. The van der Waals surface area contributed by atoms with Crippen LogP contribution in [0.2, 0.25) is 0 Å². The molecule has 2 amide bonds. The fraction of sp³-hybridized carbons (Fsp3) is 0.200. The minimum atomic E-state index is -0.636. The van der Waals surface area contributed by atoms with Crippen LogP contribution in [0.25, 0.3) is 10.9 Å². The zero-order valence-electron chi connectivity index (χ0n) is 15.5. The zero-order valence-corrected chi connectivity index (χ0v) is 16.3. The van der Waals surface area contributed by atoms with Crippen LogP contribution in [0.5, 0.6) is 0 Å². The molecule has 0 atom stereocenters. The second-order valence-electron chi connectivity index (χ2n) is 6.19. The number of para-hydroxylation sites is 2. The molecule has 1 heterocycles. The van der Waals surface area contributed by atoms with Crippen molar-refractivity contribution in [3.05, 3.63) is 64.4 Å². The number of thioether (sulfide) groups is 1. The molecule has 2 aromatic carbocycles. The summed E-state index contributed by atoms with van der Waals surface area (Å²) in [6.45, 7) is 0.232. The second-order valence-corrected chi connectivity index (χ2v) is 7.13. The summed E-state index contributed by atoms with van der Waals surface area (Å²) in [4.78, 5) is 41.2. The molecular formula is C20H20N4O4S. The summed E-state index contributed by atoms with van der Waals surface area (Å²) in [5, 5.41) is 12.7. The smallest absolute Gasteiger partial charge is 0.262 e. The number of fused-ring (bicyclic) bond motifs is 1.